The first-order valence-corrected chi connectivity index (χ1v) is 8.35. The summed E-state index contributed by atoms with van der Waals surface area (Å²) >= 11 is 0. The van der Waals surface area contributed by atoms with Crippen molar-refractivity contribution in [2.75, 3.05) is 19.5 Å². The van der Waals surface area contributed by atoms with E-state index in [1.165, 1.54) is 24.3 Å². The van der Waals surface area contributed by atoms with Crippen LogP contribution in [0.1, 0.15) is 6.23 Å². The highest BCUT2D eigenvalue weighted by Gasteiger charge is 2.49. The minimum atomic E-state index is -4.82. The van der Waals surface area contributed by atoms with Crippen LogP contribution in [-0.2, 0) is 18.6 Å². The van der Waals surface area contributed by atoms with Crippen molar-refractivity contribution in [1.82, 2.24) is 19.5 Å². The Labute approximate surface area is 135 Å². The molecule has 1 fully saturated rings. The van der Waals surface area contributed by atoms with Crippen molar-refractivity contribution in [3.8, 4) is 0 Å². The van der Waals surface area contributed by atoms with Gasteiger partial charge in [-0.25, -0.2) is 19.5 Å². The van der Waals surface area contributed by atoms with Crippen LogP contribution in [0.2, 0.25) is 0 Å². The lowest BCUT2D eigenvalue weighted by molar-refractivity contribution is -0.0583. The summed E-state index contributed by atoms with van der Waals surface area (Å²) in [5.41, 5.74) is 6.43. The number of fused-ring (bicyclic) bond motifs is 1. The molecule has 24 heavy (non-hydrogen) atoms. The lowest BCUT2D eigenvalue weighted by atomic mass is 10.1. The molecule has 2 unspecified atom stereocenters. The highest BCUT2D eigenvalue weighted by Crippen LogP contribution is 2.44. The van der Waals surface area contributed by atoms with E-state index in [4.69, 9.17) is 29.5 Å². The lowest BCUT2D eigenvalue weighted by Crippen LogP contribution is -2.36. The first-order valence-electron chi connectivity index (χ1n) is 6.81. The largest absolute Gasteiger partial charge is 0.470 e. The summed E-state index contributed by atoms with van der Waals surface area (Å²) in [5, 5.41) is 9.44. The van der Waals surface area contributed by atoms with E-state index in [0.717, 1.165) is 0 Å². The zero-order chi connectivity index (χ0) is 17.5. The van der Waals surface area contributed by atoms with Crippen LogP contribution in [0, 0.1) is 0 Å². The van der Waals surface area contributed by atoms with Gasteiger partial charge in [-0.3, -0.25) is 9.09 Å². The van der Waals surface area contributed by atoms with Crippen molar-refractivity contribution in [2.24, 2.45) is 0 Å². The fraction of sp³-hybridized carbons (Fsp3) is 0.545. The molecule has 0 radical (unpaired) electrons. The minimum Gasteiger partial charge on any atom is -0.394 e. The summed E-state index contributed by atoms with van der Waals surface area (Å²) < 4.78 is 28.3. The molecule has 1 aliphatic rings. The minimum absolute atomic E-state index is 0.174. The van der Waals surface area contributed by atoms with Crippen LogP contribution in [0.15, 0.2) is 12.7 Å². The van der Waals surface area contributed by atoms with Gasteiger partial charge in [-0.2, -0.15) is 0 Å². The summed E-state index contributed by atoms with van der Waals surface area (Å²) in [6.07, 6.45) is -1.38. The van der Waals surface area contributed by atoms with E-state index in [9.17, 15) is 9.67 Å². The number of hydrogen-bond donors (Lipinski definition) is 4. The predicted octanol–water partition coefficient (Wildman–Crippen LogP) is -1.21. The van der Waals surface area contributed by atoms with Gasteiger partial charge in [0.2, 0.25) is 0 Å². The fourth-order valence-corrected chi connectivity index (χ4v) is 3.24. The zero-order valence-corrected chi connectivity index (χ0v) is 13.4. The van der Waals surface area contributed by atoms with Gasteiger partial charge in [0.1, 0.15) is 30.2 Å². The Morgan fingerprint density at radius 1 is 1.38 bits per heavy atom. The van der Waals surface area contributed by atoms with Gasteiger partial charge in [0, 0.05) is 7.11 Å². The average Bonchev–Trinajstić information content (AvgIpc) is 3.07. The van der Waals surface area contributed by atoms with E-state index in [0.29, 0.717) is 11.2 Å². The molecular formula is C11H16N5O7P. The maximum Gasteiger partial charge on any atom is 0.470 e. The molecule has 1 saturated heterocycles. The molecule has 0 aromatic carbocycles. The molecule has 2 aromatic heterocycles. The van der Waals surface area contributed by atoms with Crippen molar-refractivity contribution in [1.29, 1.82) is 0 Å². The maximum absolute atomic E-state index is 11.2. The van der Waals surface area contributed by atoms with Gasteiger partial charge in [0.25, 0.3) is 0 Å². The van der Waals surface area contributed by atoms with E-state index < -0.39 is 39.0 Å². The molecule has 132 valence electrons. The number of rotatable bonds is 5. The quantitative estimate of drug-likeness (QED) is 0.470. The smallest absolute Gasteiger partial charge is 0.394 e. The molecule has 4 atom stereocenters. The van der Waals surface area contributed by atoms with E-state index in [2.05, 4.69) is 15.0 Å². The van der Waals surface area contributed by atoms with Gasteiger partial charge >= 0.3 is 7.82 Å². The number of phosphoric ester groups is 1. The first-order chi connectivity index (χ1) is 11.4. The number of aromatic nitrogens is 4. The third-order valence-corrected chi connectivity index (χ3v) is 4.18. The molecule has 0 saturated carbocycles. The number of nitrogen functional groups attached to an aromatic ring is 1. The lowest BCUT2D eigenvalue weighted by Gasteiger charge is -2.23. The molecule has 0 aliphatic carbocycles. The molecule has 3 heterocycles. The van der Waals surface area contributed by atoms with Crippen LogP contribution in [0.4, 0.5) is 5.82 Å². The Morgan fingerprint density at radius 3 is 2.75 bits per heavy atom. The summed E-state index contributed by atoms with van der Waals surface area (Å²) in [5.74, 6) is 0.174. The maximum atomic E-state index is 11.2. The normalized spacial score (nSPS) is 27.8. The van der Waals surface area contributed by atoms with Crippen LogP contribution in [0.5, 0.6) is 0 Å². The molecule has 0 amide bonds. The number of phosphoric acid groups is 1. The number of imidazole rings is 1. The third-order valence-electron chi connectivity index (χ3n) is 3.66. The standard InChI is InChI=1S/C11H16N5O7P/c1-21-8-7(23-24(18,19)20)5(2-17)22-11(8)16-4-15-6-9(12)13-3-14-10(6)16/h3-5,7-8,11,17H,2H2,1H3,(H2,12,13,14)(H2,18,19,20)/t5-,7?,8?,11-/m1/s1. The molecule has 12 nitrogen and oxygen atoms in total. The number of nitrogens with zero attached hydrogens (tertiary/aromatic N) is 4. The number of aliphatic hydroxyl groups is 1. The van der Waals surface area contributed by atoms with E-state index in [1.54, 1.807) is 0 Å². The van der Waals surface area contributed by atoms with Gasteiger partial charge < -0.3 is 30.1 Å². The highest BCUT2D eigenvalue weighted by molar-refractivity contribution is 7.46. The number of methoxy groups -OCH3 is 1. The summed E-state index contributed by atoms with van der Waals surface area (Å²) in [4.78, 5) is 30.2. The molecule has 5 N–H and O–H groups in total. The monoisotopic (exact) mass is 361 g/mol. The second kappa shape index (κ2) is 6.33. The van der Waals surface area contributed by atoms with Crippen molar-refractivity contribution >= 4 is 24.8 Å². The topological polar surface area (TPSA) is 175 Å². The van der Waals surface area contributed by atoms with Crippen molar-refractivity contribution < 1.29 is 33.5 Å². The van der Waals surface area contributed by atoms with Crippen molar-refractivity contribution in [2.45, 2.75) is 24.5 Å². The van der Waals surface area contributed by atoms with Gasteiger partial charge in [-0.1, -0.05) is 0 Å². The molecular weight excluding hydrogens is 345 g/mol. The zero-order valence-electron chi connectivity index (χ0n) is 12.5. The SMILES string of the molecule is COC1C(OP(=O)(O)O)[C@@H](CO)O[C@H]1n1cnc2c(N)ncnc21. The van der Waals surface area contributed by atoms with Crippen LogP contribution in [0.25, 0.3) is 11.2 Å². The van der Waals surface area contributed by atoms with Gasteiger partial charge in [-0.15, -0.1) is 0 Å². The number of aliphatic hydroxyl groups excluding tert-OH is 1. The van der Waals surface area contributed by atoms with Gasteiger partial charge in [0.15, 0.2) is 17.7 Å². The third kappa shape index (κ3) is 3.00. The number of anilines is 1. The van der Waals surface area contributed by atoms with E-state index in [1.807, 2.05) is 0 Å². The predicted molar refractivity (Wildman–Crippen MR) is 78.4 cm³/mol. The van der Waals surface area contributed by atoms with Gasteiger partial charge in [0.05, 0.1) is 12.9 Å². The number of nitrogens with two attached hydrogens (primary N) is 1. The molecule has 0 spiro atoms. The molecule has 2 aromatic rings. The Kier molecular flexibility index (Phi) is 4.53. The Bertz CT molecular complexity index is 779. The van der Waals surface area contributed by atoms with Crippen LogP contribution in [-0.4, -0.2) is 66.4 Å². The van der Waals surface area contributed by atoms with Crippen LogP contribution in [0.3, 0.4) is 0 Å². The molecule has 3 rings (SSSR count). The molecule has 0 bridgehead atoms. The average molecular weight is 361 g/mol. The van der Waals surface area contributed by atoms with Crippen LogP contribution >= 0.6 is 7.82 Å². The van der Waals surface area contributed by atoms with E-state index in [-0.39, 0.29) is 5.82 Å². The summed E-state index contributed by atoms with van der Waals surface area (Å²) in [6, 6.07) is 0. The van der Waals surface area contributed by atoms with Gasteiger partial charge in [-0.05, 0) is 0 Å². The number of ether oxygens (including phenoxy) is 2. The van der Waals surface area contributed by atoms with E-state index >= 15 is 0 Å². The van der Waals surface area contributed by atoms with Crippen molar-refractivity contribution in [3.05, 3.63) is 12.7 Å². The number of hydrogen-bond acceptors (Lipinski definition) is 9. The van der Waals surface area contributed by atoms with Crippen LogP contribution < -0.4 is 5.73 Å². The Morgan fingerprint density at radius 2 is 2.12 bits per heavy atom. The second-order valence-corrected chi connectivity index (χ2v) is 6.28. The molecule has 13 heteroatoms. The Hall–Kier alpha value is -1.66. The fourth-order valence-electron chi connectivity index (χ4n) is 2.67. The summed E-state index contributed by atoms with van der Waals surface area (Å²) in [7, 11) is -3.48. The second-order valence-electron chi connectivity index (χ2n) is 5.09. The summed E-state index contributed by atoms with van der Waals surface area (Å²) in [6.45, 7) is -0.523. The Balaban J connectivity index is 2.00. The highest BCUT2D eigenvalue weighted by atomic mass is 31.2. The molecule has 1 aliphatic heterocycles. The first kappa shape index (κ1) is 17.2. The van der Waals surface area contributed by atoms with Crippen molar-refractivity contribution in [3.63, 3.8) is 0 Å².